The van der Waals surface area contributed by atoms with Crippen LogP contribution in [-0.2, 0) is 0 Å². The molecule has 0 aliphatic heterocycles. The highest BCUT2D eigenvalue weighted by Crippen LogP contribution is 2.27. The van der Waals surface area contributed by atoms with Gasteiger partial charge in [0.25, 0.3) is 0 Å². The number of rotatable bonds is 4. The van der Waals surface area contributed by atoms with E-state index in [0.29, 0.717) is 0 Å². The standard InChI is InChI=1S/C11H21NS/c1-5-11(3,4)10(12)9(2)7-6-8-13/h6-8,10,13H,5,12H2,1-4H3/b8-6-,9-7+. The lowest BCUT2D eigenvalue weighted by molar-refractivity contribution is 0.302. The van der Waals surface area contributed by atoms with E-state index in [4.69, 9.17) is 5.73 Å². The van der Waals surface area contributed by atoms with Crippen LogP contribution in [-0.4, -0.2) is 6.04 Å². The van der Waals surface area contributed by atoms with Gasteiger partial charge in [-0.1, -0.05) is 38.5 Å². The van der Waals surface area contributed by atoms with Crippen molar-refractivity contribution in [1.29, 1.82) is 0 Å². The van der Waals surface area contributed by atoms with Gasteiger partial charge in [0.2, 0.25) is 0 Å². The van der Waals surface area contributed by atoms with Gasteiger partial charge < -0.3 is 5.73 Å². The zero-order valence-electron chi connectivity index (χ0n) is 9.04. The molecule has 0 bridgehead atoms. The van der Waals surface area contributed by atoms with Crippen molar-refractivity contribution >= 4 is 12.6 Å². The van der Waals surface area contributed by atoms with Crippen LogP contribution >= 0.6 is 12.6 Å². The van der Waals surface area contributed by atoms with E-state index in [0.717, 1.165) is 6.42 Å². The maximum Gasteiger partial charge on any atom is 0.0305 e. The van der Waals surface area contributed by atoms with Gasteiger partial charge >= 0.3 is 0 Å². The van der Waals surface area contributed by atoms with Gasteiger partial charge in [-0.05, 0) is 24.2 Å². The predicted molar refractivity (Wildman–Crippen MR) is 63.9 cm³/mol. The summed E-state index contributed by atoms with van der Waals surface area (Å²) in [6.07, 6.45) is 5.02. The minimum absolute atomic E-state index is 0.127. The summed E-state index contributed by atoms with van der Waals surface area (Å²) >= 11 is 3.99. The first-order valence-corrected chi connectivity index (χ1v) is 5.20. The molecule has 2 N–H and O–H groups in total. The van der Waals surface area contributed by atoms with Gasteiger partial charge in [0.15, 0.2) is 0 Å². The highest BCUT2D eigenvalue weighted by Gasteiger charge is 2.24. The summed E-state index contributed by atoms with van der Waals surface area (Å²) in [4.78, 5) is 0. The van der Waals surface area contributed by atoms with Crippen LogP contribution in [0.5, 0.6) is 0 Å². The quantitative estimate of drug-likeness (QED) is 0.528. The van der Waals surface area contributed by atoms with Crippen molar-refractivity contribution in [3.8, 4) is 0 Å². The van der Waals surface area contributed by atoms with Crippen molar-refractivity contribution in [2.24, 2.45) is 11.1 Å². The average Bonchev–Trinajstić information content (AvgIpc) is 2.12. The fourth-order valence-corrected chi connectivity index (χ4v) is 1.22. The minimum atomic E-state index is 0.127. The van der Waals surface area contributed by atoms with E-state index in [9.17, 15) is 0 Å². The minimum Gasteiger partial charge on any atom is -0.324 e. The maximum absolute atomic E-state index is 6.12. The molecule has 0 radical (unpaired) electrons. The lowest BCUT2D eigenvalue weighted by Gasteiger charge is -2.31. The Kier molecular flexibility index (Phi) is 5.42. The van der Waals surface area contributed by atoms with Crippen LogP contribution in [0.2, 0.25) is 0 Å². The largest absolute Gasteiger partial charge is 0.324 e. The third-order valence-electron chi connectivity index (χ3n) is 2.69. The Morgan fingerprint density at radius 2 is 2.08 bits per heavy atom. The molecule has 13 heavy (non-hydrogen) atoms. The highest BCUT2D eigenvalue weighted by molar-refractivity contribution is 7.83. The van der Waals surface area contributed by atoms with E-state index in [2.05, 4.69) is 40.3 Å². The Morgan fingerprint density at radius 3 is 2.46 bits per heavy atom. The van der Waals surface area contributed by atoms with E-state index in [1.165, 1.54) is 5.57 Å². The lowest BCUT2D eigenvalue weighted by Crippen LogP contribution is -2.37. The highest BCUT2D eigenvalue weighted by atomic mass is 32.1. The summed E-state index contributed by atoms with van der Waals surface area (Å²) in [5.41, 5.74) is 7.50. The molecular formula is C11H21NS. The fourth-order valence-electron chi connectivity index (χ4n) is 1.13. The first-order chi connectivity index (χ1) is 5.95. The number of hydrogen-bond donors (Lipinski definition) is 2. The van der Waals surface area contributed by atoms with E-state index < -0.39 is 0 Å². The Hall–Kier alpha value is -0.210. The molecule has 0 saturated carbocycles. The Balaban J connectivity index is 4.50. The van der Waals surface area contributed by atoms with Crippen molar-refractivity contribution in [2.75, 3.05) is 0 Å². The van der Waals surface area contributed by atoms with Crippen LogP contribution in [0.25, 0.3) is 0 Å². The van der Waals surface area contributed by atoms with Crippen LogP contribution in [0.1, 0.15) is 34.1 Å². The third-order valence-corrected chi connectivity index (χ3v) is 2.86. The smallest absolute Gasteiger partial charge is 0.0305 e. The Morgan fingerprint density at radius 1 is 1.54 bits per heavy atom. The number of allylic oxidation sites excluding steroid dienone is 2. The third kappa shape index (κ3) is 4.01. The van der Waals surface area contributed by atoms with Gasteiger partial charge in [0, 0.05) is 6.04 Å². The van der Waals surface area contributed by atoms with Crippen LogP contribution in [0, 0.1) is 5.41 Å². The molecule has 0 aliphatic rings. The predicted octanol–water partition coefficient (Wildman–Crippen LogP) is 3.14. The summed E-state index contributed by atoms with van der Waals surface area (Å²) in [5, 5.41) is 1.72. The lowest BCUT2D eigenvalue weighted by atomic mass is 9.79. The summed E-state index contributed by atoms with van der Waals surface area (Å²) in [6, 6.07) is 0.127. The number of thiol groups is 1. The molecule has 0 amide bonds. The Bertz CT molecular complexity index is 204. The van der Waals surface area contributed by atoms with Crippen LogP contribution < -0.4 is 5.73 Å². The van der Waals surface area contributed by atoms with E-state index in [-0.39, 0.29) is 11.5 Å². The molecule has 0 aliphatic carbocycles. The molecule has 0 aromatic heterocycles. The molecule has 1 nitrogen and oxygen atoms in total. The molecular weight excluding hydrogens is 178 g/mol. The second kappa shape index (κ2) is 5.51. The number of hydrogen-bond acceptors (Lipinski definition) is 2. The second-order valence-electron chi connectivity index (χ2n) is 4.07. The van der Waals surface area contributed by atoms with Crippen LogP contribution in [0.15, 0.2) is 23.1 Å². The summed E-state index contributed by atoms with van der Waals surface area (Å²) in [5.74, 6) is 0. The zero-order chi connectivity index (χ0) is 10.5. The molecule has 0 aromatic carbocycles. The fraction of sp³-hybridized carbons (Fsp3) is 0.636. The van der Waals surface area contributed by atoms with E-state index in [1.807, 2.05) is 12.2 Å². The average molecular weight is 199 g/mol. The van der Waals surface area contributed by atoms with Gasteiger partial charge in [0.05, 0.1) is 0 Å². The van der Waals surface area contributed by atoms with Crippen molar-refractivity contribution in [1.82, 2.24) is 0 Å². The van der Waals surface area contributed by atoms with Crippen LogP contribution in [0.3, 0.4) is 0 Å². The monoisotopic (exact) mass is 199 g/mol. The summed E-state index contributed by atoms with van der Waals surface area (Å²) in [7, 11) is 0. The van der Waals surface area contributed by atoms with Gasteiger partial charge in [-0.15, -0.1) is 0 Å². The van der Waals surface area contributed by atoms with Gasteiger partial charge in [0.1, 0.15) is 0 Å². The SMILES string of the molecule is CCC(C)(C)C(N)/C(C)=C/C=C\S. The molecule has 76 valence electrons. The molecule has 0 rings (SSSR count). The van der Waals surface area contributed by atoms with Crippen molar-refractivity contribution in [2.45, 2.75) is 40.2 Å². The molecule has 0 spiro atoms. The topological polar surface area (TPSA) is 26.0 Å². The zero-order valence-corrected chi connectivity index (χ0v) is 9.94. The summed E-state index contributed by atoms with van der Waals surface area (Å²) < 4.78 is 0. The first-order valence-electron chi connectivity index (χ1n) is 4.68. The van der Waals surface area contributed by atoms with Crippen molar-refractivity contribution in [3.05, 3.63) is 23.1 Å². The number of nitrogens with two attached hydrogens (primary N) is 1. The molecule has 2 heteroatoms. The molecule has 0 heterocycles. The normalized spacial score (nSPS) is 16.6. The van der Waals surface area contributed by atoms with E-state index in [1.54, 1.807) is 5.41 Å². The summed E-state index contributed by atoms with van der Waals surface area (Å²) in [6.45, 7) is 8.62. The molecule has 1 unspecified atom stereocenters. The van der Waals surface area contributed by atoms with Crippen LogP contribution in [0.4, 0.5) is 0 Å². The van der Waals surface area contributed by atoms with Gasteiger partial charge in [-0.3, -0.25) is 0 Å². The van der Waals surface area contributed by atoms with E-state index >= 15 is 0 Å². The Labute approximate surface area is 87.5 Å². The van der Waals surface area contributed by atoms with Crippen molar-refractivity contribution < 1.29 is 0 Å². The first kappa shape index (κ1) is 12.8. The molecule has 0 saturated heterocycles. The maximum atomic E-state index is 6.12. The second-order valence-corrected chi connectivity index (χ2v) is 4.37. The molecule has 0 aromatic rings. The van der Waals surface area contributed by atoms with Crippen molar-refractivity contribution in [3.63, 3.8) is 0 Å². The van der Waals surface area contributed by atoms with Gasteiger partial charge in [-0.25, -0.2) is 0 Å². The molecule has 1 atom stereocenters. The molecule has 0 fully saturated rings. The van der Waals surface area contributed by atoms with Gasteiger partial charge in [-0.2, -0.15) is 12.6 Å².